The van der Waals surface area contributed by atoms with E-state index in [9.17, 15) is 14.4 Å². The smallest absolute Gasteiger partial charge is 0.313 e. The zero-order valence-corrected chi connectivity index (χ0v) is 15.4. The van der Waals surface area contributed by atoms with E-state index in [4.69, 9.17) is 11.1 Å². The topological polar surface area (TPSA) is 141 Å². The molecule has 0 bridgehead atoms. The van der Waals surface area contributed by atoms with E-state index in [0.29, 0.717) is 18.7 Å². The fourth-order valence-corrected chi connectivity index (χ4v) is 3.11. The van der Waals surface area contributed by atoms with Crippen molar-refractivity contribution in [1.82, 2.24) is 15.2 Å². The first-order valence-corrected chi connectivity index (χ1v) is 8.62. The monoisotopic (exact) mass is 372 g/mol. The standard InChI is InChI=1S/C18H24N6O3/c1-11-3-4-15(14(21-2)5-6-19)24(10-11)18(27)17(26)23-13-7-12(16(20)25)8-22-9-13/h5-9,11,15,19,21H,3-4,10H2,1-2H3,(H2,20,25)(H,23,26)/b14-5-,19-6?/t11-,15?/m1/s1. The van der Waals surface area contributed by atoms with Gasteiger partial charge in [0.25, 0.3) is 0 Å². The van der Waals surface area contributed by atoms with Crippen molar-refractivity contribution >= 4 is 29.6 Å². The van der Waals surface area contributed by atoms with Gasteiger partial charge in [0.2, 0.25) is 5.91 Å². The van der Waals surface area contributed by atoms with Gasteiger partial charge in [-0.25, -0.2) is 0 Å². The molecule has 2 rings (SSSR count). The number of rotatable bonds is 5. The van der Waals surface area contributed by atoms with Gasteiger partial charge in [-0.15, -0.1) is 0 Å². The highest BCUT2D eigenvalue weighted by Crippen LogP contribution is 2.25. The number of hydrogen-bond donors (Lipinski definition) is 4. The molecule has 2 atom stereocenters. The van der Waals surface area contributed by atoms with E-state index < -0.39 is 17.7 Å². The number of anilines is 1. The summed E-state index contributed by atoms with van der Waals surface area (Å²) in [6.07, 6.45) is 6.95. The van der Waals surface area contributed by atoms with Crippen LogP contribution in [0.25, 0.3) is 0 Å². The quantitative estimate of drug-likeness (QED) is 0.440. The molecule has 5 N–H and O–H groups in total. The minimum Gasteiger partial charge on any atom is -0.390 e. The fourth-order valence-electron chi connectivity index (χ4n) is 3.11. The van der Waals surface area contributed by atoms with Gasteiger partial charge in [-0.1, -0.05) is 6.92 Å². The van der Waals surface area contributed by atoms with Gasteiger partial charge in [0.05, 0.1) is 23.5 Å². The molecule has 2 heterocycles. The van der Waals surface area contributed by atoms with Crippen LogP contribution in [0.1, 0.15) is 30.1 Å². The Hall–Kier alpha value is -3.23. The summed E-state index contributed by atoms with van der Waals surface area (Å²) >= 11 is 0. The molecule has 1 saturated heterocycles. The first-order chi connectivity index (χ1) is 12.9. The van der Waals surface area contributed by atoms with Crippen molar-refractivity contribution in [2.24, 2.45) is 11.7 Å². The molecule has 1 aliphatic heterocycles. The highest BCUT2D eigenvalue weighted by molar-refractivity contribution is 6.39. The van der Waals surface area contributed by atoms with Gasteiger partial charge in [-0.3, -0.25) is 19.4 Å². The number of carbonyl (C=O) groups is 3. The van der Waals surface area contributed by atoms with E-state index in [0.717, 1.165) is 12.6 Å². The SMILES string of the molecule is CN/C(=C\C=N)C1CC[C@@H](C)CN1C(=O)C(=O)Nc1cncc(C(N)=O)c1. The second kappa shape index (κ2) is 8.93. The molecular weight excluding hydrogens is 348 g/mol. The Morgan fingerprint density at radius 1 is 1.33 bits per heavy atom. The second-order valence-corrected chi connectivity index (χ2v) is 6.48. The van der Waals surface area contributed by atoms with Crippen LogP contribution in [0, 0.1) is 11.3 Å². The number of hydrogen-bond acceptors (Lipinski definition) is 6. The maximum Gasteiger partial charge on any atom is 0.313 e. The largest absolute Gasteiger partial charge is 0.390 e. The van der Waals surface area contributed by atoms with E-state index in [1.807, 2.05) is 6.92 Å². The van der Waals surface area contributed by atoms with Crippen LogP contribution in [0.5, 0.6) is 0 Å². The first-order valence-electron chi connectivity index (χ1n) is 8.62. The number of pyridine rings is 1. The van der Waals surface area contributed by atoms with Crippen LogP contribution >= 0.6 is 0 Å². The highest BCUT2D eigenvalue weighted by atomic mass is 16.2. The number of likely N-dealkylation sites (N-methyl/N-ethyl adjacent to an activating group) is 1. The number of nitrogens with one attached hydrogen (secondary N) is 3. The lowest BCUT2D eigenvalue weighted by molar-refractivity contribution is -0.145. The maximum atomic E-state index is 12.8. The number of aromatic nitrogens is 1. The summed E-state index contributed by atoms with van der Waals surface area (Å²) in [7, 11) is 1.72. The normalized spacial score (nSPS) is 19.9. The Morgan fingerprint density at radius 2 is 2.07 bits per heavy atom. The van der Waals surface area contributed by atoms with Crippen molar-refractivity contribution in [3.63, 3.8) is 0 Å². The number of carbonyl (C=O) groups excluding carboxylic acids is 3. The number of allylic oxidation sites excluding steroid dienone is 1. The average molecular weight is 372 g/mol. The summed E-state index contributed by atoms with van der Waals surface area (Å²) in [6.45, 7) is 2.46. The fraction of sp³-hybridized carbons (Fsp3) is 0.389. The predicted octanol–water partition coefficient (Wildman–Crippen LogP) is 0.499. The number of likely N-dealkylation sites (tertiary alicyclic amines) is 1. The van der Waals surface area contributed by atoms with E-state index in [1.165, 1.54) is 23.4 Å². The summed E-state index contributed by atoms with van der Waals surface area (Å²) in [5.74, 6) is -1.91. The molecule has 1 unspecified atom stereocenters. The zero-order chi connectivity index (χ0) is 20.0. The predicted molar refractivity (Wildman–Crippen MR) is 101 cm³/mol. The number of nitrogens with zero attached hydrogens (tertiary/aromatic N) is 2. The zero-order valence-electron chi connectivity index (χ0n) is 15.4. The van der Waals surface area contributed by atoms with E-state index in [1.54, 1.807) is 13.1 Å². The third kappa shape index (κ3) is 4.90. The lowest BCUT2D eigenvalue weighted by Crippen LogP contribution is -2.52. The van der Waals surface area contributed by atoms with Crippen LogP contribution < -0.4 is 16.4 Å². The van der Waals surface area contributed by atoms with Crippen molar-refractivity contribution in [3.8, 4) is 0 Å². The van der Waals surface area contributed by atoms with Gasteiger partial charge in [-0.05, 0) is 30.9 Å². The highest BCUT2D eigenvalue weighted by Gasteiger charge is 2.35. The first kappa shape index (κ1) is 20.1. The van der Waals surface area contributed by atoms with Gasteiger partial charge in [0.1, 0.15) is 0 Å². The molecule has 144 valence electrons. The Balaban J connectivity index is 2.20. The summed E-state index contributed by atoms with van der Waals surface area (Å²) in [6, 6.07) is 1.06. The van der Waals surface area contributed by atoms with Gasteiger partial charge in [0, 0.05) is 31.7 Å². The molecule has 3 amide bonds. The number of primary amides is 1. The maximum absolute atomic E-state index is 12.8. The van der Waals surface area contributed by atoms with Crippen molar-refractivity contribution in [1.29, 1.82) is 5.41 Å². The van der Waals surface area contributed by atoms with Crippen molar-refractivity contribution in [3.05, 3.63) is 35.8 Å². The summed E-state index contributed by atoms with van der Waals surface area (Å²) in [4.78, 5) is 41.9. The lowest BCUT2D eigenvalue weighted by Gasteiger charge is -2.39. The molecule has 0 saturated carbocycles. The molecule has 0 spiro atoms. The van der Waals surface area contributed by atoms with E-state index >= 15 is 0 Å². The summed E-state index contributed by atoms with van der Waals surface area (Å²) in [5.41, 5.74) is 6.26. The molecule has 1 aromatic rings. The molecule has 9 nitrogen and oxygen atoms in total. The van der Waals surface area contributed by atoms with Gasteiger partial charge in [0.15, 0.2) is 0 Å². The lowest BCUT2D eigenvalue weighted by atomic mass is 9.92. The molecule has 1 aliphatic rings. The Kier molecular flexibility index (Phi) is 6.64. The van der Waals surface area contributed by atoms with Crippen molar-refractivity contribution in [2.75, 3.05) is 18.9 Å². The Labute approximate surface area is 157 Å². The van der Waals surface area contributed by atoms with Crippen LogP contribution in [-0.4, -0.2) is 53.5 Å². The Bertz CT molecular complexity index is 776. The van der Waals surface area contributed by atoms with Crippen LogP contribution in [0.15, 0.2) is 30.2 Å². The molecule has 1 fully saturated rings. The average Bonchev–Trinajstić information content (AvgIpc) is 2.65. The van der Waals surface area contributed by atoms with Gasteiger partial charge in [-0.2, -0.15) is 0 Å². The number of amides is 3. The molecule has 0 aliphatic carbocycles. The van der Waals surface area contributed by atoms with Gasteiger partial charge >= 0.3 is 11.8 Å². The minimum atomic E-state index is -0.817. The number of piperidine rings is 1. The molecular formula is C18H24N6O3. The van der Waals surface area contributed by atoms with Crippen LogP contribution in [-0.2, 0) is 9.59 Å². The van der Waals surface area contributed by atoms with Crippen LogP contribution in [0.3, 0.4) is 0 Å². The van der Waals surface area contributed by atoms with Crippen LogP contribution in [0.2, 0.25) is 0 Å². The molecule has 27 heavy (non-hydrogen) atoms. The van der Waals surface area contributed by atoms with Gasteiger partial charge < -0.3 is 26.7 Å². The molecule has 9 heteroatoms. The summed E-state index contributed by atoms with van der Waals surface area (Å²) < 4.78 is 0. The third-order valence-electron chi connectivity index (χ3n) is 4.46. The van der Waals surface area contributed by atoms with Crippen molar-refractivity contribution < 1.29 is 14.4 Å². The van der Waals surface area contributed by atoms with E-state index in [-0.39, 0.29) is 23.2 Å². The minimum absolute atomic E-state index is 0.135. The molecule has 1 aromatic heterocycles. The molecule has 0 aromatic carbocycles. The third-order valence-corrected chi connectivity index (χ3v) is 4.46. The Morgan fingerprint density at radius 3 is 2.70 bits per heavy atom. The summed E-state index contributed by atoms with van der Waals surface area (Å²) in [5, 5.41) is 12.8. The van der Waals surface area contributed by atoms with Crippen molar-refractivity contribution in [2.45, 2.75) is 25.8 Å². The molecule has 0 radical (unpaired) electrons. The second-order valence-electron chi connectivity index (χ2n) is 6.48. The van der Waals surface area contributed by atoms with E-state index in [2.05, 4.69) is 15.6 Å². The number of nitrogens with two attached hydrogens (primary N) is 1. The van der Waals surface area contributed by atoms with Crippen LogP contribution in [0.4, 0.5) is 5.69 Å².